The van der Waals surface area contributed by atoms with Crippen LogP contribution in [0.2, 0.25) is 0 Å². The molecule has 0 aromatic carbocycles. The minimum atomic E-state index is -0.825. The van der Waals surface area contributed by atoms with E-state index in [-0.39, 0.29) is 12.1 Å². The molecular weight excluding hydrogens is 170 g/mol. The van der Waals surface area contributed by atoms with Gasteiger partial charge in [0.25, 0.3) is 0 Å². The third-order valence-corrected chi connectivity index (χ3v) is 1.72. The molecule has 0 atom stereocenters. The number of carboxylic acid groups (broad SMARTS) is 1. The van der Waals surface area contributed by atoms with Gasteiger partial charge in [0.15, 0.2) is 0 Å². The predicted molar refractivity (Wildman–Crippen MR) is 50.8 cm³/mol. The Labute approximate surface area is 79.3 Å². The molecule has 0 saturated carbocycles. The summed E-state index contributed by atoms with van der Waals surface area (Å²) in [5, 5.41) is 11.2. The Bertz CT molecular complexity index is 157. The van der Waals surface area contributed by atoms with Crippen molar-refractivity contribution in [2.24, 2.45) is 0 Å². The second-order valence-corrected chi connectivity index (χ2v) is 3.51. The van der Waals surface area contributed by atoms with Crippen molar-refractivity contribution in [3.05, 3.63) is 0 Å². The van der Waals surface area contributed by atoms with Gasteiger partial charge in [0.05, 0.1) is 12.1 Å². The van der Waals surface area contributed by atoms with Crippen LogP contribution < -0.4 is 5.32 Å². The lowest BCUT2D eigenvalue weighted by Gasteiger charge is -2.24. The van der Waals surface area contributed by atoms with Crippen molar-refractivity contribution in [2.45, 2.75) is 32.8 Å². The van der Waals surface area contributed by atoms with Crippen LogP contribution in [0.4, 0.5) is 0 Å². The van der Waals surface area contributed by atoms with Gasteiger partial charge in [-0.15, -0.1) is 0 Å². The van der Waals surface area contributed by atoms with Crippen molar-refractivity contribution in [2.75, 3.05) is 19.7 Å². The van der Waals surface area contributed by atoms with E-state index in [0.29, 0.717) is 13.2 Å². The van der Waals surface area contributed by atoms with Gasteiger partial charge in [0, 0.05) is 6.61 Å². The quantitative estimate of drug-likeness (QED) is 0.583. The molecule has 4 nitrogen and oxygen atoms in total. The van der Waals surface area contributed by atoms with Gasteiger partial charge in [0.2, 0.25) is 0 Å². The first-order chi connectivity index (χ1) is 5.98. The van der Waals surface area contributed by atoms with E-state index in [0.717, 1.165) is 6.42 Å². The van der Waals surface area contributed by atoms with Crippen LogP contribution in [0.25, 0.3) is 0 Å². The standard InChI is InChI=1S/C9H19NO3/c1-4-13-9(2,3)5-6-10-7-8(11)12/h10H,4-7H2,1-3H3,(H,11,12). The molecule has 0 fully saturated rings. The van der Waals surface area contributed by atoms with Crippen LogP contribution in [0.15, 0.2) is 0 Å². The van der Waals surface area contributed by atoms with Crippen LogP contribution in [-0.4, -0.2) is 36.4 Å². The first-order valence-corrected chi connectivity index (χ1v) is 4.54. The molecule has 2 N–H and O–H groups in total. The van der Waals surface area contributed by atoms with Crippen molar-refractivity contribution < 1.29 is 14.6 Å². The second-order valence-electron chi connectivity index (χ2n) is 3.51. The van der Waals surface area contributed by atoms with E-state index in [4.69, 9.17) is 9.84 Å². The fourth-order valence-electron chi connectivity index (χ4n) is 1.05. The predicted octanol–water partition coefficient (Wildman–Crippen LogP) is 0.866. The second kappa shape index (κ2) is 5.94. The minimum absolute atomic E-state index is 0.0161. The number of carbonyl (C=O) groups is 1. The lowest BCUT2D eigenvalue weighted by atomic mass is 10.1. The van der Waals surface area contributed by atoms with Gasteiger partial charge in [-0.2, -0.15) is 0 Å². The topological polar surface area (TPSA) is 58.6 Å². The SMILES string of the molecule is CCOC(C)(C)CCNCC(=O)O. The van der Waals surface area contributed by atoms with Gasteiger partial charge in [-0.3, -0.25) is 4.79 Å². The van der Waals surface area contributed by atoms with Crippen molar-refractivity contribution in [3.8, 4) is 0 Å². The molecule has 0 aliphatic rings. The molecule has 0 rings (SSSR count). The van der Waals surface area contributed by atoms with E-state index in [1.54, 1.807) is 0 Å². The molecule has 0 aromatic heterocycles. The normalized spacial score (nSPS) is 11.6. The molecular formula is C9H19NO3. The number of aliphatic carboxylic acids is 1. The highest BCUT2D eigenvalue weighted by Gasteiger charge is 2.16. The van der Waals surface area contributed by atoms with Crippen molar-refractivity contribution in [1.82, 2.24) is 5.32 Å². The zero-order valence-corrected chi connectivity index (χ0v) is 8.59. The zero-order chi connectivity index (χ0) is 10.3. The van der Waals surface area contributed by atoms with Crippen molar-refractivity contribution in [1.29, 1.82) is 0 Å². The summed E-state index contributed by atoms with van der Waals surface area (Å²) in [6.45, 7) is 7.32. The number of ether oxygens (including phenoxy) is 1. The summed E-state index contributed by atoms with van der Waals surface area (Å²) in [6.07, 6.45) is 0.814. The first kappa shape index (κ1) is 12.4. The van der Waals surface area contributed by atoms with Gasteiger partial charge in [0.1, 0.15) is 0 Å². The molecule has 0 aliphatic carbocycles. The summed E-state index contributed by atoms with van der Waals surface area (Å²) in [5.41, 5.74) is -0.166. The summed E-state index contributed by atoms with van der Waals surface area (Å²) < 4.78 is 5.45. The van der Waals surface area contributed by atoms with Crippen LogP contribution >= 0.6 is 0 Å². The molecule has 0 heterocycles. The lowest BCUT2D eigenvalue weighted by molar-refractivity contribution is -0.136. The molecule has 0 aliphatic heterocycles. The maximum absolute atomic E-state index is 10.2. The Morgan fingerprint density at radius 2 is 2.15 bits per heavy atom. The molecule has 0 saturated heterocycles. The van der Waals surface area contributed by atoms with Crippen molar-refractivity contribution >= 4 is 5.97 Å². The van der Waals surface area contributed by atoms with Crippen LogP contribution in [0.3, 0.4) is 0 Å². The van der Waals surface area contributed by atoms with Crippen LogP contribution in [0.1, 0.15) is 27.2 Å². The van der Waals surface area contributed by atoms with E-state index >= 15 is 0 Å². The first-order valence-electron chi connectivity index (χ1n) is 4.54. The monoisotopic (exact) mass is 189 g/mol. The Balaban J connectivity index is 3.45. The molecule has 13 heavy (non-hydrogen) atoms. The number of hydrogen-bond donors (Lipinski definition) is 2. The van der Waals surface area contributed by atoms with Crippen molar-refractivity contribution in [3.63, 3.8) is 0 Å². The zero-order valence-electron chi connectivity index (χ0n) is 8.59. The Morgan fingerprint density at radius 3 is 2.62 bits per heavy atom. The fourth-order valence-corrected chi connectivity index (χ4v) is 1.05. The van der Waals surface area contributed by atoms with Gasteiger partial charge in [-0.25, -0.2) is 0 Å². The van der Waals surface area contributed by atoms with Gasteiger partial charge in [-0.1, -0.05) is 0 Å². The Morgan fingerprint density at radius 1 is 1.54 bits per heavy atom. The summed E-state index contributed by atoms with van der Waals surface area (Å²) >= 11 is 0. The maximum Gasteiger partial charge on any atom is 0.317 e. The van der Waals surface area contributed by atoms with Gasteiger partial charge in [-0.05, 0) is 33.7 Å². The lowest BCUT2D eigenvalue weighted by Crippen LogP contribution is -2.32. The summed E-state index contributed by atoms with van der Waals surface area (Å²) in [7, 11) is 0. The van der Waals surface area contributed by atoms with Gasteiger partial charge < -0.3 is 15.2 Å². The molecule has 0 aromatic rings. The van der Waals surface area contributed by atoms with E-state index < -0.39 is 5.97 Å². The molecule has 0 amide bonds. The summed E-state index contributed by atoms with van der Waals surface area (Å²) in [5.74, 6) is -0.825. The average molecular weight is 189 g/mol. The van der Waals surface area contributed by atoms with E-state index in [2.05, 4.69) is 5.32 Å². The number of hydrogen-bond acceptors (Lipinski definition) is 3. The fraction of sp³-hybridized carbons (Fsp3) is 0.889. The number of rotatable bonds is 7. The highest BCUT2D eigenvalue weighted by atomic mass is 16.5. The largest absolute Gasteiger partial charge is 0.480 e. The average Bonchev–Trinajstić information content (AvgIpc) is 1.98. The van der Waals surface area contributed by atoms with E-state index in [9.17, 15) is 4.79 Å². The summed E-state index contributed by atoms with van der Waals surface area (Å²) in [6, 6.07) is 0. The third-order valence-electron chi connectivity index (χ3n) is 1.72. The summed E-state index contributed by atoms with van der Waals surface area (Å²) in [4.78, 5) is 10.2. The highest BCUT2D eigenvalue weighted by Crippen LogP contribution is 2.12. The molecule has 4 heteroatoms. The number of nitrogens with one attached hydrogen (secondary N) is 1. The van der Waals surface area contributed by atoms with Crippen LogP contribution in [0, 0.1) is 0 Å². The molecule has 0 spiro atoms. The maximum atomic E-state index is 10.2. The third kappa shape index (κ3) is 7.74. The Kier molecular flexibility index (Phi) is 5.66. The highest BCUT2D eigenvalue weighted by molar-refractivity contribution is 5.68. The van der Waals surface area contributed by atoms with E-state index in [1.807, 2.05) is 20.8 Å². The molecule has 0 bridgehead atoms. The molecule has 0 radical (unpaired) electrons. The van der Waals surface area contributed by atoms with Gasteiger partial charge >= 0.3 is 5.97 Å². The van der Waals surface area contributed by atoms with Crippen LogP contribution in [-0.2, 0) is 9.53 Å². The van der Waals surface area contributed by atoms with E-state index in [1.165, 1.54) is 0 Å². The molecule has 0 unspecified atom stereocenters. The Hall–Kier alpha value is -0.610. The molecule has 78 valence electrons. The number of carboxylic acids is 1. The minimum Gasteiger partial charge on any atom is -0.480 e. The smallest absolute Gasteiger partial charge is 0.317 e. The van der Waals surface area contributed by atoms with Crippen LogP contribution in [0.5, 0.6) is 0 Å².